The number of halogens is 3. The van der Waals surface area contributed by atoms with Gasteiger partial charge in [0.25, 0.3) is 0 Å². The summed E-state index contributed by atoms with van der Waals surface area (Å²) >= 11 is 0. The molecule has 0 saturated carbocycles. The van der Waals surface area contributed by atoms with Crippen LogP contribution in [0.25, 0.3) is 5.69 Å². The summed E-state index contributed by atoms with van der Waals surface area (Å²) in [6, 6.07) is 3.53. The van der Waals surface area contributed by atoms with Gasteiger partial charge in [-0.2, -0.15) is 18.3 Å². The third-order valence-electron chi connectivity index (χ3n) is 3.43. The van der Waals surface area contributed by atoms with Gasteiger partial charge in [0.05, 0.1) is 35.9 Å². The van der Waals surface area contributed by atoms with E-state index >= 15 is 0 Å². The average molecular weight is 326 g/mol. The minimum absolute atomic E-state index is 0.466. The lowest BCUT2D eigenvalue weighted by molar-refractivity contribution is -0.151. The maximum Gasteiger partial charge on any atom is 0.389 e. The summed E-state index contributed by atoms with van der Waals surface area (Å²) in [5, 5.41) is 4.28. The first kappa shape index (κ1) is 17.0. The molecular formula is C15H17F3N4O. The highest BCUT2D eigenvalue weighted by atomic mass is 19.4. The lowest BCUT2D eigenvalue weighted by atomic mass is 10.1. The van der Waals surface area contributed by atoms with Gasteiger partial charge in [-0.25, -0.2) is 4.68 Å². The summed E-state index contributed by atoms with van der Waals surface area (Å²) in [4.78, 5) is 17.4. The number of nitrogens with zero attached hydrogens (tertiary/aromatic N) is 4. The topological polar surface area (TPSA) is 51.0 Å². The second kappa shape index (κ2) is 6.39. The predicted molar refractivity (Wildman–Crippen MR) is 79.3 cm³/mol. The molecule has 1 amide bonds. The lowest BCUT2D eigenvalue weighted by Gasteiger charge is -2.21. The van der Waals surface area contributed by atoms with E-state index < -0.39 is 24.4 Å². The quantitative estimate of drug-likeness (QED) is 0.867. The van der Waals surface area contributed by atoms with E-state index in [9.17, 15) is 18.0 Å². The first-order chi connectivity index (χ1) is 10.7. The molecule has 0 fully saturated rings. The maximum absolute atomic E-state index is 12.4. The first-order valence-electron chi connectivity index (χ1n) is 7.00. The molecule has 0 aliphatic carbocycles. The summed E-state index contributed by atoms with van der Waals surface area (Å²) < 4.78 is 38.9. The van der Waals surface area contributed by atoms with Gasteiger partial charge in [0.1, 0.15) is 0 Å². The molecule has 0 saturated heterocycles. The second-order valence-corrected chi connectivity index (χ2v) is 5.37. The molecule has 8 heteroatoms. The van der Waals surface area contributed by atoms with Crippen molar-refractivity contribution >= 4 is 11.6 Å². The Kier molecular flexibility index (Phi) is 4.72. The largest absolute Gasteiger partial charge is 0.389 e. The molecule has 124 valence electrons. The number of pyridine rings is 1. The van der Waals surface area contributed by atoms with Crippen LogP contribution < -0.4 is 4.90 Å². The van der Waals surface area contributed by atoms with Crippen LogP contribution in [0.3, 0.4) is 0 Å². The van der Waals surface area contributed by atoms with Crippen LogP contribution in [-0.2, 0) is 4.79 Å². The zero-order valence-corrected chi connectivity index (χ0v) is 13.0. The van der Waals surface area contributed by atoms with Crippen molar-refractivity contribution in [3.8, 4) is 5.69 Å². The Morgan fingerprint density at radius 3 is 2.70 bits per heavy atom. The monoisotopic (exact) mass is 326 g/mol. The molecule has 0 aliphatic rings. The molecule has 2 aromatic rings. The van der Waals surface area contributed by atoms with Crippen LogP contribution in [0.15, 0.2) is 30.7 Å². The standard InChI is InChI=1S/C15H17F3N4O/c1-10(7-15(16,17)18)14(23)21(3)13-9-22(20-11(13)2)12-5-4-6-19-8-12/h4-6,8-10H,7H2,1-3H3. The summed E-state index contributed by atoms with van der Waals surface area (Å²) in [5.41, 5.74) is 1.71. The van der Waals surface area contributed by atoms with Gasteiger partial charge >= 0.3 is 6.18 Å². The summed E-state index contributed by atoms with van der Waals surface area (Å²) in [5.74, 6) is -1.75. The van der Waals surface area contributed by atoms with Gasteiger partial charge < -0.3 is 4.90 Å². The number of amides is 1. The number of rotatable bonds is 4. The molecule has 2 heterocycles. The molecule has 0 N–H and O–H groups in total. The smallest absolute Gasteiger partial charge is 0.312 e. The highest BCUT2D eigenvalue weighted by Gasteiger charge is 2.34. The van der Waals surface area contributed by atoms with E-state index in [0.29, 0.717) is 17.1 Å². The van der Waals surface area contributed by atoms with Gasteiger partial charge in [0, 0.05) is 19.2 Å². The minimum atomic E-state index is -4.37. The first-order valence-corrected chi connectivity index (χ1v) is 7.00. The van der Waals surface area contributed by atoms with Crippen LogP contribution >= 0.6 is 0 Å². The van der Waals surface area contributed by atoms with Gasteiger partial charge in [-0.05, 0) is 19.1 Å². The summed E-state index contributed by atoms with van der Waals surface area (Å²) in [6.45, 7) is 2.97. The van der Waals surface area contributed by atoms with Crippen molar-refractivity contribution in [2.45, 2.75) is 26.4 Å². The van der Waals surface area contributed by atoms with Gasteiger partial charge in [-0.15, -0.1) is 0 Å². The molecule has 1 unspecified atom stereocenters. The minimum Gasteiger partial charge on any atom is -0.312 e. The Morgan fingerprint density at radius 1 is 1.43 bits per heavy atom. The number of aryl methyl sites for hydroxylation is 1. The van der Waals surface area contributed by atoms with Crippen molar-refractivity contribution in [3.05, 3.63) is 36.4 Å². The molecule has 0 spiro atoms. The van der Waals surface area contributed by atoms with E-state index in [-0.39, 0.29) is 0 Å². The summed E-state index contributed by atoms with van der Waals surface area (Å²) in [6.07, 6.45) is -0.694. The van der Waals surface area contributed by atoms with Crippen LogP contribution in [0.1, 0.15) is 19.0 Å². The van der Waals surface area contributed by atoms with Crippen molar-refractivity contribution < 1.29 is 18.0 Å². The van der Waals surface area contributed by atoms with Gasteiger partial charge in [0.15, 0.2) is 0 Å². The fourth-order valence-electron chi connectivity index (χ4n) is 2.29. The average Bonchev–Trinajstić information content (AvgIpc) is 2.87. The Balaban J connectivity index is 2.21. The molecule has 0 aromatic carbocycles. The fourth-order valence-corrected chi connectivity index (χ4v) is 2.29. The van der Waals surface area contributed by atoms with Crippen molar-refractivity contribution in [1.29, 1.82) is 0 Å². The summed E-state index contributed by atoms with van der Waals surface area (Å²) in [7, 11) is 1.45. The molecule has 23 heavy (non-hydrogen) atoms. The zero-order chi connectivity index (χ0) is 17.2. The molecule has 2 aromatic heterocycles. The van der Waals surface area contributed by atoms with Crippen LogP contribution in [0.2, 0.25) is 0 Å². The number of anilines is 1. The molecule has 0 radical (unpaired) electrons. The van der Waals surface area contributed by atoms with E-state index in [1.807, 2.05) is 0 Å². The third-order valence-corrected chi connectivity index (χ3v) is 3.43. The van der Waals surface area contributed by atoms with Crippen LogP contribution in [-0.4, -0.2) is 33.9 Å². The number of hydrogen-bond acceptors (Lipinski definition) is 3. The SMILES string of the molecule is Cc1nn(-c2cccnc2)cc1N(C)C(=O)C(C)CC(F)(F)F. The number of alkyl halides is 3. The van der Waals surface area contributed by atoms with E-state index in [4.69, 9.17) is 0 Å². The molecular weight excluding hydrogens is 309 g/mol. The Hall–Kier alpha value is -2.38. The second-order valence-electron chi connectivity index (χ2n) is 5.37. The van der Waals surface area contributed by atoms with Crippen molar-refractivity contribution in [1.82, 2.24) is 14.8 Å². The highest BCUT2D eigenvalue weighted by Crippen LogP contribution is 2.27. The van der Waals surface area contributed by atoms with Gasteiger partial charge in [0.2, 0.25) is 5.91 Å². The molecule has 0 bridgehead atoms. The van der Waals surface area contributed by atoms with Crippen LogP contribution in [0, 0.1) is 12.8 Å². The fraction of sp³-hybridized carbons (Fsp3) is 0.400. The predicted octanol–water partition coefficient (Wildman–Crippen LogP) is 3.13. The zero-order valence-electron chi connectivity index (χ0n) is 13.0. The molecule has 0 aliphatic heterocycles. The van der Waals surface area contributed by atoms with E-state index in [2.05, 4.69) is 10.1 Å². The number of aromatic nitrogens is 3. The van der Waals surface area contributed by atoms with Crippen LogP contribution in [0.5, 0.6) is 0 Å². The molecule has 2 rings (SSSR count). The van der Waals surface area contributed by atoms with E-state index in [1.54, 1.807) is 37.6 Å². The van der Waals surface area contributed by atoms with E-state index in [1.165, 1.54) is 23.6 Å². The Bertz CT molecular complexity index is 682. The van der Waals surface area contributed by atoms with Crippen molar-refractivity contribution in [3.63, 3.8) is 0 Å². The lowest BCUT2D eigenvalue weighted by Crippen LogP contribution is -2.34. The molecule has 5 nitrogen and oxygen atoms in total. The third kappa shape index (κ3) is 4.08. The van der Waals surface area contributed by atoms with Gasteiger partial charge in [-0.3, -0.25) is 9.78 Å². The highest BCUT2D eigenvalue weighted by molar-refractivity contribution is 5.94. The van der Waals surface area contributed by atoms with Crippen LogP contribution in [0.4, 0.5) is 18.9 Å². The number of carbonyl (C=O) groups is 1. The van der Waals surface area contributed by atoms with Crippen molar-refractivity contribution in [2.24, 2.45) is 5.92 Å². The van der Waals surface area contributed by atoms with Crippen molar-refractivity contribution in [2.75, 3.05) is 11.9 Å². The molecule has 1 atom stereocenters. The Labute approximate surface area is 131 Å². The Morgan fingerprint density at radius 2 is 2.13 bits per heavy atom. The van der Waals surface area contributed by atoms with Gasteiger partial charge in [-0.1, -0.05) is 6.92 Å². The van der Waals surface area contributed by atoms with E-state index in [0.717, 1.165) is 0 Å². The maximum atomic E-state index is 12.4. The normalized spacial score (nSPS) is 13.0. The number of hydrogen-bond donors (Lipinski definition) is 0. The number of carbonyl (C=O) groups excluding carboxylic acids is 1.